The molecular formula is C9H10Cl2. The van der Waals surface area contributed by atoms with Crippen LogP contribution in [0.25, 0.3) is 0 Å². The summed E-state index contributed by atoms with van der Waals surface area (Å²) in [6, 6.07) is 0. The van der Waals surface area contributed by atoms with E-state index in [9.17, 15) is 0 Å². The Hall–Kier alpha value is 0.320. The standard InChI is InChI=1S/C9H10Cl2/c10-8-3-7-5-1-4(8)2-6(5)9(7)11/h3-7,9H,1-2H2/t4-,5+,6-,7+,9+/m1/s1. The Balaban J connectivity index is 2.03. The van der Waals surface area contributed by atoms with Gasteiger partial charge in [0, 0.05) is 10.4 Å². The largest absolute Gasteiger partial charge is 0.122 e. The van der Waals surface area contributed by atoms with Crippen molar-refractivity contribution < 1.29 is 0 Å². The van der Waals surface area contributed by atoms with E-state index < -0.39 is 0 Å². The van der Waals surface area contributed by atoms with E-state index in [0.717, 1.165) is 16.9 Å². The van der Waals surface area contributed by atoms with Crippen LogP contribution in [0, 0.1) is 23.7 Å². The van der Waals surface area contributed by atoms with Gasteiger partial charge in [0.15, 0.2) is 0 Å². The minimum Gasteiger partial charge on any atom is -0.122 e. The van der Waals surface area contributed by atoms with Crippen molar-refractivity contribution in [3.8, 4) is 0 Å². The molecule has 11 heavy (non-hydrogen) atoms. The van der Waals surface area contributed by atoms with Crippen molar-refractivity contribution >= 4 is 23.2 Å². The Labute approximate surface area is 76.6 Å². The molecule has 3 rings (SSSR count). The lowest BCUT2D eigenvalue weighted by molar-refractivity contribution is 0.152. The summed E-state index contributed by atoms with van der Waals surface area (Å²) in [4.78, 5) is 0. The van der Waals surface area contributed by atoms with Gasteiger partial charge in [-0.25, -0.2) is 0 Å². The van der Waals surface area contributed by atoms with Gasteiger partial charge in [0.05, 0.1) is 0 Å². The molecule has 0 aliphatic heterocycles. The molecule has 2 fully saturated rings. The normalized spacial score (nSPS) is 58.7. The summed E-state index contributed by atoms with van der Waals surface area (Å²) in [5.74, 6) is 2.98. The third kappa shape index (κ3) is 0.684. The van der Waals surface area contributed by atoms with E-state index in [4.69, 9.17) is 23.2 Å². The molecule has 60 valence electrons. The molecule has 0 aromatic heterocycles. The second kappa shape index (κ2) is 1.97. The molecular weight excluding hydrogens is 179 g/mol. The molecule has 0 radical (unpaired) electrons. The second-order valence-corrected chi connectivity index (χ2v) is 5.01. The monoisotopic (exact) mass is 188 g/mol. The first-order valence-electron chi connectivity index (χ1n) is 4.28. The van der Waals surface area contributed by atoms with Crippen LogP contribution in [0.5, 0.6) is 0 Å². The SMILES string of the molecule is ClC1=C[C@@H]2[C@@H](Cl)[C@@H]3C[C@H]1C[C@H]23. The Morgan fingerprint density at radius 2 is 2.00 bits per heavy atom. The zero-order chi connectivity index (χ0) is 7.59. The lowest BCUT2D eigenvalue weighted by Gasteiger charge is -2.44. The van der Waals surface area contributed by atoms with E-state index in [1.165, 1.54) is 12.8 Å². The molecule has 0 amide bonds. The van der Waals surface area contributed by atoms with Gasteiger partial charge in [-0.3, -0.25) is 0 Å². The topological polar surface area (TPSA) is 0 Å². The van der Waals surface area contributed by atoms with Crippen molar-refractivity contribution in [2.75, 3.05) is 0 Å². The average molecular weight is 189 g/mol. The average Bonchev–Trinajstić information content (AvgIpc) is 2.29. The van der Waals surface area contributed by atoms with Gasteiger partial charge in [0.25, 0.3) is 0 Å². The highest BCUT2D eigenvalue weighted by atomic mass is 35.5. The molecule has 0 spiro atoms. The summed E-state index contributed by atoms with van der Waals surface area (Å²) >= 11 is 12.3. The van der Waals surface area contributed by atoms with Crippen LogP contribution < -0.4 is 0 Å². The Morgan fingerprint density at radius 3 is 2.82 bits per heavy atom. The van der Waals surface area contributed by atoms with E-state index in [-0.39, 0.29) is 0 Å². The first-order valence-corrected chi connectivity index (χ1v) is 5.10. The summed E-state index contributed by atoms with van der Waals surface area (Å²) in [5.41, 5.74) is 0. The number of allylic oxidation sites excluding steroid dienone is 2. The Bertz CT molecular complexity index is 234. The highest BCUT2D eigenvalue weighted by molar-refractivity contribution is 6.30. The van der Waals surface area contributed by atoms with Crippen LogP contribution in [0.3, 0.4) is 0 Å². The number of hydrogen-bond acceptors (Lipinski definition) is 0. The fourth-order valence-electron chi connectivity index (χ4n) is 3.05. The molecule has 0 aromatic carbocycles. The third-order valence-electron chi connectivity index (χ3n) is 3.68. The van der Waals surface area contributed by atoms with Gasteiger partial charge in [0.1, 0.15) is 0 Å². The maximum absolute atomic E-state index is 6.20. The lowest BCUT2D eigenvalue weighted by Crippen LogP contribution is -2.43. The van der Waals surface area contributed by atoms with Crippen molar-refractivity contribution in [3.05, 3.63) is 11.1 Å². The molecule has 0 heterocycles. The molecule has 2 heteroatoms. The number of rotatable bonds is 0. The van der Waals surface area contributed by atoms with E-state index >= 15 is 0 Å². The Kier molecular flexibility index (Phi) is 1.22. The molecule has 0 saturated heterocycles. The van der Waals surface area contributed by atoms with Crippen LogP contribution in [0.1, 0.15) is 12.8 Å². The number of hydrogen-bond donors (Lipinski definition) is 0. The maximum atomic E-state index is 6.20. The van der Waals surface area contributed by atoms with Crippen LogP contribution in [0.4, 0.5) is 0 Å². The van der Waals surface area contributed by atoms with Gasteiger partial charge in [-0.15, -0.1) is 11.6 Å². The van der Waals surface area contributed by atoms with Crippen LogP contribution >= 0.6 is 23.2 Å². The highest BCUT2D eigenvalue weighted by Crippen LogP contribution is 2.61. The Morgan fingerprint density at radius 1 is 1.27 bits per heavy atom. The van der Waals surface area contributed by atoms with Gasteiger partial charge in [0.2, 0.25) is 0 Å². The van der Waals surface area contributed by atoms with Gasteiger partial charge in [-0.1, -0.05) is 17.7 Å². The van der Waals surface area contributed by atoms with Gasteiger partial charge < -0.3 is 0 Å². The van der Waals surface area contributed by atoms with Crippen LogP contribution in [-0.4, -0.2) is 5.38 Å². The van der Waals surface area contributed by atoms with Crippen molar-refractivity contribution in [2.24, 2.45) is 23.7 Å². The van der Waals surface area contributed by atoms with E-state index in [0.29, 0.717) is 17.2 Å². The smallest absolute Gasteiger partial charge is 0.0433 e. The minimum atomic E-state index is 0.404. The third-order valence-corrected chi connectivity index (χ3v) is 4.73. The molecule has 2 saturated carbocycles. The second-order valence-electron chi connectivity index (χ2n) is 4.07. The van der Waals surface area contributed by atoms with Gasteiger partial charge >= 0.3 is 0 Å². The van der Waals surface area contributed by atoms with Crippen LogP contribution in [-0.2, 0) is 0 Å². The fraction of sp³-hybridized carbons (Fsp3) is 0.778. The van der Waals surface area contributed by atoms with E-state index in [1.54, 1.807) is 0 Å². The van der Waals surface area contributed by atoms with Crippen molar-refractivity contribution in [2.45, 2.75) is 18.2 Å². The zero-order valence-corrected chi connectivity index (χ0v) is 7.65. The van der Waals surface area contributed by atoms with Crippen molar-refractivity contribution in [1.82, 2.24) is 0 Å². The maximum Gasteiger partial charge on any atom is 0.0433 e. The minimum absolute atomic E-state index is 0.404. The summed E-state index contributed by atoms with van der Waals surface area (Å²) in [5, 5.41) is 1.50. The fourth-order valence-corrected chi connectivity index (χ4v) is 3.92. The molecule has 0 N–H and O–H groups in total. The van der Waals surface area contributed by atoms with E-state index in [2.05, 4.69) is 6.08 Å². The van der Waals surface area contributed by atoms with Crippen molar-refractivity contribution in [3.63, 3.8) is 0 Å². The molecule has 0 aromatic rings. The number of fused-ring (bicyclic) bond motifs is 1. The van der Waals surface area contributed by atoms with Gasteiger partial charge in [-0.2, -0.15) is 0 Å². The number of alkyl halides is 1. The lowest BCUT2D eigenvalue weighted by atomic mass is 9.65. The van der Waals surface area contributed by atoms with E-state index in [1.807, 2.05) is 0 Å². The molecule has 5 atom stereocenters. The predicted molar refractivity (Wildman–Crippen MR) is 46.8 cm³/mol. The first kappa shape index (κ1) is 6.80. The highest BCUT2D eigenvalue weighted by Gasteiger charge is 2.56. The van der Waals surface area contributed by atoms with Crippen LogP contribution in [0.2, 0.25) is 0 Å². The first-order chi connectivity index (χ1) is 5.27. The quantitative estimate of drug-likeness (QED) is 0.514. The molecule has 3 aliphatic carbocycles. The summed E-state index contributed by atoms with van der Waals surface area (Å²) in [6.07, 6.45) is 4.78. The molecule has 0 nitrogen and oxygen atoms in total. The summed E-state index contributed by atoms with van der Waals surface area (Å²) in [6.45, 7) is 0. The van der Waals surface area contributed by atoms with Crippen molar-refractivity contribution in [1.29, 1.82) is 0 Å². The zero-order valence-electron chi connectivity index (χ0n) is 6.13. The van der Waals surface area contributed by atoms with Crippen LogP contribution in [0.15, 0.2) is 11.1 Å². The summed E-state index contributed by atoms with van der Waals surface area (Å²) < 4.78 is 0. The van der Waals surface area contributed by atoms with Gasteiger partial charge in [-0.05, 0) is 36.5 Å². The number of halogens is 2. The molecule has 2 bridgehead atoms. The molecule has 0 unspecified atom stereocenters. The molecule has 3 aliphatic rings. The predicted octanol–water partition coefficient (Wildman–Crippen LogP) is 3.00. The summed E-state index contributed by atoms with van der Waals surface area (Å²) in [7, 11) is 0.